The third-order valence-corrected chi connectivity index (χ3v) is 2.13. The van der Waals surface area contributed by atoms with Crippen LogP contribution < -0.4 is 5.32 Å². The number of nitrogens with one attached hydrogen (secondary N) is 1. The Morgan fingerprint density at radius 1 is 1.61 bits per heavy atom. The number of ether oxygens (including phenoxy) is 1. The molecule has 0 fully saturated rings. The second-order valence-corrected chi connectivity index (χ2v) is 3.61. The van der Waals surface area contributed by atoms with Gasteiger partial charge in [0.15, 0.2) is 11.5 Å². The van der Waals surface area contributed by atoms with Gasteiger partial charge in [-0.25, -0.2) is 9.97 Å². The number of methoxy groups -OCH3 is 1. The lowest BCUT2D eigenvalue weighted by atomic mass is 10.3. The highest BCUT2D eigenvalue weighted by Gasteiger charge is 2.13. The topological polar surface area (TPSA) is 90.1 Å². The summed E-state index contributed by atoms with van der Waals surface area (Å²) in [5.74, 6) is 0.301. The van der Waals surface area contributed by atoms with Gasteiger partial charge in [-0.15, -0.1) is 0 Å². The van der Waals surface area contributed by atoms with E-state index in [0.29, 0.717) is 5.76 Å². The fraction of sp³-hybridized carbons (Fsp3) is 0.200. The zero-order valence-corrected chi connectivity index (χ0v) is 10.1. The van der Waals surface area contributed by atoms with Gasteiger partial charge in [0.05, 0.1) is 0 Å². The van der Waals surface area contributed by atoms with Gasteiger partial charge < -0.3 is 14.6 Å². The Labute approximate surface area is 107 Å². The summed E-state index contributed by atoms with van der Waals surface area (Å²) < 4.78 is 9.74. The Morgan fingerprint density at radius 3 is 3.17 bits per heavy atom. The minimum Gasteiger partial charge on any atom is -0.377 e. The number of anilines is 1. The van der Waals surface area contributed by atoms with Crippen molar-refractivity contribution < 1.29 is 14.1 Å². The van der Waals surface area contributed by atoms with E-state index in [9.17, 15) is 4.79 Å². The number of rotatable bonds is 4. The zero-order valence-electron chi connectivity index (χ0n) is 9.38. The van der Waals surface area contributed by atoms with E-state index in [1.807, 2.05) is 0 Å². The minimum atomic E-state index is -0.448. The van der Waals surface area contributed by atoms with Crippen molar-refractivity contribution in [3.8, 4) is 0 Å². The van der Waals surface area contributed by atoms with E-state index >= 15 is 0 Å². The van der Waals surface area contributed by atoms with Gasteiger partial charge in [-0.3, -0.25) is 4.79 Å². The van der Waals surface area contributed by atoms with Gasteiger partial charge in [0, 0.05) is 19.4 Å². The van der Waals surface area contributed by atoms with Crippen LogP contribution >= 0.6 is 11.6 Å². The molecular formula is C10H9ClN4O3. The molecule has 0 saturated carbocycles. The quantitative estimate of drug-likeness (QED) is 0.846. The molecule has 0 spiro atoms. The molecule has 8 heteroatoms. The molecule has 18 heavy (non-hydrogen) atoms. The van der Waals surface area contributed by atoms with E-state index in [2.05, 4.69) is 20.4 Å². The number of halogens is 1. The number of hydrogen-bond acceptors (Lipinski definition) is 6. The lowest BCUT2D eigenvalue weighted by Crippen LogP contribution is -2.13. The highest BCUT2D eigenvalue weighted by atomic mass is 35.5. The van der Waals surface area contributed by atoms with Crippen molar-refractivity contribution >= 4 is 23.3 Å². The molecule has 2 rings (SSSR count). The van der Waals surface area contributed by atoms with Gasteiger partial charge in [0.1, 0.15) is 12.4 Å². The smallest absolute Gasteiger partial charge is 0.279 e. The molecule has 0 aliphatic rings. The van der Waals surface area contributed by atoms with Gasteiger partial charge in [-0.05, 0) is 17.7 Å². The second kappa shape index (κ2) is 5.56. The van der Waals surface area contributed by atoms with Crippen molar-refractivity contribution in [2.24, 2.45) is 0 Å². The lowest BCUT2D eigenvalue weighted by molar-refractivity contribution is 0.101. The van der Waals surface area contributed by atoms with Crippen LogP contribution in [0, 0.1) is 0 Å². The van der Waals surface area contributed by atoms with Crippen molar-refractivity contribution in [3.63, 3.8) is 0 Å². The van der Waals surface area contributed by atoms with Gasteiger partial charge in [0.2, 0.25) is 5.28 Å². The monoisotopic (exact) mass is 268 g/mol. The summed E-state index contributed by atoms with van der Waals surface area (Å²) in [5, 5.41) is 6.18. The Kier molecular flexibility index (Phi) is 3.85. The van der Waals surface area contributed by atoms with Crippen LogP contribution in [-0.4, -0.2) is 28.1 Å². The SMILES string of the molecule is COCc1cc(C(=O)Nc2ccnc(Cl)n2)no1. The molecular weight excluding hydrogens is 260 g/mol. The molecule has 1 amide bonds. The maximum absolute atomic E-state index is 11.8. The highest BCUT2D eigenvalue weighted by Crippen LogP contribution is 2.09. The summed E-state index contributed by atoms with van der Waals surface area (Å²) in [6.45, 7) is 0.250. The summed E-state index contributed by atoms with van der Waals surface area (Å²) in [6.07, 6.45) is 1.43. The summed E-state index contributed by atoms with van der Waals surface area (Å²) in [5.41, 5.74) is 0.136. The number of aromatic nitrogens is 3. The second-order valence-electron chi connectivity index (χ2n) is 3.28. The fourth-order valence-corrected chi connectivity index (χ4v) is 1.36. The van der Waals surface area contributed by atoms with Crippen LogP contribution in [0.4, 0.5) is 5.82 Å². The molecule has 0 aliphatic heterocycles. The number of nitrogens with zero attached hydrogens (tertiary/aromatic N) is 3. The van der Waals surface area contributed by atoms with Gasteiger partial charge in [0.25, 0.3) is 5.91 Å². The fourth-order valence-electron chi connectivity index (χ4n) is 1.22. The molecule has 2 aromatic rings. The minimum absolute atomic E-state index is 0.0491. The van der Waals surface area contributed by atoms with Crippen molar-refractivity contribution in [1.29, 1.82) is 0 Å². The van der Waals surface area contributed by atoms with Crippen molar-refractivity contribution in [1.82, 2.24) is 15.1 Å². The first kappa shape index (κ1) is 12.5. The molecule has 0 radical (unpaired) electrons. The molecule has 0 atom stereocenters. The summed E-state index contributed by atoms with van der Waals surface area (Å²) in [7, 11) is 1.52. The first-order chi connectivity index (χ1) is 8.69. The van der Waals surface area contributed by atoms with Crippen LogP contribution in [0.25, 0.3) is 0 Å². The first-order valence-electron chi connectivity index (χ1n) is 4.93. The third kappa shape index (κ3) is 3.02. The molecule has 0 unspecified atom stereocenters. The Bertz CT molecular complexity index is 558. The van der Waals surface area contributed by atoms with Gasteiger partial charge >= 0.3 is 0 Å². The molecule has 2 heterocycles. The predicted octanol–water partition coefficient (Wildman–Crippen LogP) is 1.52. The summed E-state index contributed by atoms with van der Waals surface area (Å²) in [6, 6.07) is 3.00. The average molecular weight is 269 g/mol. The Morgan fingerprint density at radius 2 is 2.44 bits per heavy atom. The van der Waals surface area contributed by atoms with Crippen molar-refractivity contribution in [3.05, 3.63) is 35.1 Å². The van der Waals surface area contributed by atoms with E-state index in [0.717, 1.165) is 0 Å². The molecule has 7 nitrogen and oxygen atoms in total. The van der Waals surface area contributed by atoms with Crippen LogP contribution in [0.1, 0.15) is 16.2 Å². The van der Waals surface area contributed by atoms with Crippen LogP contribution in [-0.2, 0) is 11.3 Å². The van der Waals surface area contributed by atoms with Crippen LogP contribution in [0.3, 0.4) is 0 Å². The number of hydrogen-bond donors (Lipinski definition) is 1. The Balaban J connectivity index is 2.07. The molecule has 0 saturated heterocycles. The van der Waals surface area contributed by atoms with E-state index in [4.69, 9.17) is 20.9 Å². The third-order valence-electron chi connectivity index (χ3n) is 1.95. The maximum atomic E-state index is 11.8. The van der Waals surface area contributed by atoms with Gasteiger partial charge in [-0.2, -0.15) is 0 Å². The predicted molar refractivity (Wildman–Crippen MR) is 62.2 cm³/mol. The summed E-state index contributed by atoms with van der Waals surface area (Å²) in [4.78, 5) is 19.3. The molecule has 0 bridgehead atoms. The van der Waals surface area contributed by atoms with Crippen molar-refractivity contribution in [2.75, 3.05) is 12.4 Å². The van der Waals surface area contributed by atoms with E-state index in [1.165, 1.54) is 25.4 Å². The molecule has 0 aromatic carbocycles. The van der Waals surface area contributed by atoms with Crippen molar-refractivity contribution in [2.45, 2.75) is 6.61 Å². The molecule has 1 N–H and O–H groups in total. The largest absolute Gasteiger partial charge is 0.377 e. The number of carbonyl (C=O) groups is 1. The van der Waals surface area contributed by atoms with E-state index in [1.54, 1.807) is 0 Å². The Hall–Kier alpha value is -1.99. The van der Waals surface area contributed by atoms with E-state index < -0.39 is 5.91 Å². The van der Waals surface area contributed by atoms with Crippen LogP contribution in [0.2, 0.25) is 5.28 Å². The standard InChI is InChI=1S/C10H9ClN4O3/c1-17-5-6-4-7(15-18-6)9(16)13-8-2-3-12-10(11)14-8/h2-4H,5H2,1H3,(H,12,13,14,16). The molecule has 2 aromatic heterocycles. The molecule has 94 valence electrons. The average Bonchev–Trinajstić information content (AvgIpc) is 2.78. The van der Waals surface area contributed by atoms with Crippen LogP contribution in [0.5, 0.6) is 0 Å². The number of amides is 1. The number of carbonyl (C=O) groups excluding carboxylic acids is 1. The first-order valence-corrected chi connectivity index (χ1v) is 5.31. The van der Waals surface area contributed by atoms with E-state index in [-0.39, 0.29) is 23.4 Å². The van der Waals surface area contributed by atoms with Crippen LogP contribution in [0.15, 0.2) is 22.9 Å². The highest BCUT2D eigenvalue weighted by molar-refractivity contribution is 6.28. The maximum Gasteiger partial charge on any atom is 0.279 e. The summed E-state index contributed by atoms with van der Waals surface area (Å²) >= 11 is 5.60. The van der Waals surface area contributed by atoms with Gasteiger partial charge in [-0.1, -0.05) is 5.16 Å². The normalized spacial score (nSPS) is 10.3. The lowest BCUT2D eigenvalue weighted by Gasteiger charge is -2.00. The molecule has 0 aliphatic carbocycles. The zero-order chi connectivity index (χ0) is 13.0.